The van der Waals surface area contributed by atoms with Gasteiger partial charge >= 0.3 is 0 Å². The molecule has 0 aliphatic heterocycles. The molecular weight excluding hydrogens is 168 g/mol. The van der Waals surface area contributed by atoms with Crippen molar-refractivity contribution in [3.05, 3.63) is 10.1 Å². The summed E-state index contributed by atoms with van der Waals surface area (Å²) in [7, 11) is 0. The van der Waals surface area contributed by atoms with E-state index in [2.05, 4.69) is 15.9 Å². The molecule has 0 unspecified atom stereocenters. The molecule has 0 rings (SSSR count). The van der Waals surface area contributed by atoms with E-state index < -0.39 is 5.09 Å². The second-order valence-electron chi connectivity index (χ2n) is 0.392. The summed E-state index contributed by atoms with van der Waals surface area (Å²) < 4.78 is 0. The van der Waals surface area contributed by atoms with Crippen LogP contribution in [0.5, 0.6) is 0 Å². The minimum atomic E-state index is -1.50. The van der Waals surface area contributed by atoms with Crippen molar-refractivity contribution in [2.45, 2.75) is 0 Å². The van der Waals surface area contributed by atoms with Gasteiger partial charge in [0.05, 0.1) is 0 Å². The molecule has 5 nitrogen and oxygen atoms in total. The van der Waals surface area contributed by atoms with Crippen LogP contribution in [0.1, 0.15) is 0 Å². The second-order valence-corrected chi connectivity index (χ2v) is 1.04. The highest BCUT2D eigenvalue weighted by atomic mass is 79.9. The van der Waals surface area contributed by atoms with Gasteiger partial charge in [-0.05, 0) is 0 Å². The Kier molecular flexibility index (Phi) is 12.8. The zero-order valence-corrected chi connectivity index (χ0v) is 4.96. The molecule has 0 aromatic carbocycles. The quantitative estimate of drug-likeness (QED) is 0.232. The molecule has 0 saturated carbocycles. The molecule has 0 saturated heterocycles. The average Bonchev–Trinajstić information content (AvgIpc) is 1.33. The first kappa shape index (κ1) is 9.81. The molecule has 0 atom stereocenters. The highest BCUT2D eigenvalue weighted by Gasteiger charge is 1.65. The van der Waals surface area contributed by atoms with Gasteiger partial charge in [0.2, 0.25) is 0 Å². The zero-order chi connectivity index (χ0) is 6.28. The molecule has 0 aliphatic rings. The minimum Gasteiger partial charge on any atom is -0.328 e. The van der Waals surface area contributed by atoms with E-state index in [0.29, 0.717) is 5.45 Å². The van der Waals surface area contributed by atoms with E-state index >= 15 is 0 Å². The third kappa shape index (κ3) is 577. The maximum atomic E-state index is 8.36. The van der Waals surface area contributed by atoms with Crippen molar-refractivity contribution in [2.75, 3.05) is 5.45 Å². The molecule has 0 heterocycles. The zero-order valence-electron chi connectivity index (χ0n) is 3.37. The van der Waals surface area contributed by atoms with Gasteiger partial charge in [-0.15, -0.1) is 10.1 Å². The maximum Gasteiger partial charge on any atom is 0.291 e. The van der Waals surface area contributed by atoms with E-state index in [-0.39, 0.29) is 0 Å². The van der Waals surface area contributed by atoms with Crippen molar-refractivity contribution in [1.82, 2.24) is 0 Å². The Labute approximate surface area is 48.4 Å². The monoisotopic (exact) mass is 172 g/mol. The molecule has 0 aromatic heterocycles. The van der Waals surface area contributed by atoms with Crippen LogP contribution in [0.3, 0.4) is 0 Å². The van der Waals surface area contributed by atoms with Gasteiger partial charge in [0.1, 0.15) is 0 Å². The topological polar surface area (TPSA) is 89.4 Å². The SMILES string of the molecule is NCBr.O=[N+]([O-])O. The van der Waals surface area contributed by atoms with Crippen LogP contribution in [0.25, 0.3) is 0 Å². The lowest BCUT2D eigenvalue weighted by Gasteiger charge is -1.56. The van der Waals surface area contributed by atoms with Gasteiger partial charge in [0, 0.05) is 5.45 Å². The van der Waals surface area contributed by atoms with Crippen LogP contribution in [0.2, 0.25) is 0 Å². The third-order valence-corrected chi connectivity index (χ3v) is 0. The number of alkyl halides is 1. The Morgan fingerprint density at radius 1 is 2.00 bits per heavy atom. The fourth-order valence-corrected chi connectivity index (χ4v) is 0. The van der Waals surface area contributed by atoms with Crippen LogP contribution in [-0.2, 0) is 0 Å². The second kappa shape index (κ2) is 9.16. The molecule has 0 aromatic rings. The summed E-state index contributed by atoms with van der Waals surface area (Å²) >= 11 is 2.92. The lowest BCUT2D eigenvalue weighted by molar-refractivity contribution is -0.742. The number of nitrogens with zero attached hydrogens (tertiary/aromatic N) is 1. The number of hydrogen-bond donors (Lipinski definition) is 2. The predicted molar refractivity (Wildman–Crippen MR) is 26.8 cm³/mol. The fraction of sp³-hybridized carbons (Fsp3) is 1.00. The molecule has 0 fully saturated rings. The van der Waals surface area contributed by atoms with E-state index in [4.69, 9.17) is 21.1 Å². The highest BCUT2D eigenvalue weighted by Crippen LogP contribution is 1.57. The van der Waals surface area contributed by atoms with Crippen LogP contribution < -0.4 is 5.73 Å². The molecule has 0 spiro atoms. The van der Waals surface area contributed by atoms with Gasteiger partial charge in [0.25, 0.3) is 5.09 Å². The maximum absolute atomic E-state index is 8.36. The Hall–Kier alpha value is -0.360. The summed E-state index contributed by atoms with van der Waals surface area (Å²) in [5.74, 6) is 0. The summed E-state index contributed by atoms with van der Waals surface area (Å²) in [4.78, 5) is 8.36. The van der Waals surface area contributed by atoms with E-state index in [0.717, 1.165) is 0 Å². The predicted octanol–water partition coefficient (Wildman–Crippen LogP) is -0.0502. The number of rotatable bonds is 0. The molecular formula is CH5BrN2O3. The minimum absolute atomic E-state index is 0.562. The van der Waals surface area contributed by atoms with Crippen LogP contribution in [0.15, 0.2) is 0 Å². The summed E-state index contributed by atoms with van der Waals surface area (Å²) in [6.07, 6.45) is 0. The van der Waals surface area contributed by atoms with E-state index in [1.807, 2.05) is 0 Å². The Morgan fingerprint density at radius 3 is 2.00 bits per heavy atom. The fourth-order valence-electron chi connectivity index (χ4n) is 0. The summed E-state index contributed by atoms with van der Waals surface area (Å²) in [5, 5.41) is 13.6. The molecule has 0 radical (unpaired) electrons. The molecule has 44 valence electrons. The van der Waals surface area contributed by atoms with E-state index in [1.54, 1.807) is 0 Å². The summed E-state index contributed by atoms with van der Waals surface area (Å²) in [6, 6.07) is 0. The summed E-state index contributed by atoms with van der Waals surface area (Å²) in [6.45, 7) is 0. The normalized spacial score (nSPS) is 6.00. The molecule has 3 N–H and O–H groups in total. The van der Waals surface area contributed by atoms with Crippen molar-refractivity contribution < 1.29 is 10.3 Å². The standard InChI is InChI=1S/CH4BrN.HNO3/c2-1-3;2-1(3)4/h1,3H2;(H,2,3,4). The highest BCUT2D eigenvalue weighted by molar-refractivity contribution is 9.09. The van der Waals surface area contributed by atoms with Gasteiger partial charge < -0.3 is 10.9 Å². The molecule has 0 bridgehead atoms. The Balaban J connectivity index is 0. The average molecular weight is 173 g/mol. The lowest BCUT2D eigenvalue weighted by Crippen LogP contribution is -1.82. The first-order valence-electron chi connectivity index (χ1n) is 1.24. The van der Waals surface area contributed by atoms with Crippen LogP contribution in [0.4, 0.5) is 0 Å². The number of halogens is 1. The first-order chi connectivity index (χ1) is 3.15. The Bertz CT molecular complexity index is 44.2. The number of nitrogens with two attached hydrogens (primary N) is 1. The van der Waals surface area contributed by atoms with E-state index in [1.165, 1.54) is 0 Å². The van der Waals surface area contributed by atoms with Crippen molar-refractivity contribution in [1.29, 1.82) is 0 Å². The largest absolute Gasteiger partial charge is 0.328 e. The molecule has 7 heavy (non-hydrogen) atoms. The van der Waals surface area contributed by atoms with Crippen molar-refractivity contribution in [3.63, 3.8) is 0 Å². The van der Waals surface area contributed by atoms with Crippen LogP contribution >= 0.6 is 15.9 Å². The first-order valence-corrected chi connectivity index (χ1v) is 2.36. The molecule has 0 aliphatic carbocycles. The lowest BCUT2D eigenvalue weighted by atomic mass is 11.6. The van der Waals surface area contributed by atoms with Crippen molar-refractivity contribution in [3.8, 4) is 0 Å². The molecule has 0 amide bonds. The molecule has 6 heteroatoms. The van der Waals surface area contributed by atoms with Crippen molar-refractivity contribution >= 4 is 15.9 Å². The third-order valence-electron chi connectivity index (χ3n) is 0. The van der Waals surface area contributed by atoms with Gasteiger partial charge in [0.15, 0.2) is 0 Å². The van der Waals surface area contributed by atoms with Gasteiger partial charge in [-0.3, -0.25) is 0 Å². The van der Waals surface area contributed by atoms with Crippen molar-refractivity contribution in [2.24, 2.45) is 5.73 Å². The Morgan fingerprint density at radius 2 is 2.00 bits per heavy atom. The summed E-state index contributed by atoms with van der Waals surface area (Å²) in [5.41, 5.74) is 5.33. The van der Waals surface area contributed by atoms with Gasteiger partial charge in [-0.25, -0.2) is 0 Å². The van der Waals surface area contributed by atoms with Gasteiger partial charge in [-0.2, -0.15) is 0 Å². The van der Waals surface area contributed by atoms with Gasteiger partial charge in [-0.1, -0.05) is 15.9 Å². The van der Waals surface area contributed by atoms with Crippen LogP contribution in [0, 0.1) is 10.1 Å². The van der Waals surface area contributed by atoms with Crippen LogP contribution in [-0.4, -0.2) is 15.7 Å². The number of hydrogen-bond acceptors (Lipinski definition) is 3. The van der Waals surface area contributed by atoms with E-state index in [9.17, 15) is 0 Å². The smallest absolute Gasteiger partial charge is 0.291 e.